The second-order valence-electron chi connectivity index (χ2n) is 7.94. The van der Waals surface area contributed by atoms with Gasteiger partial charge < -0.3 is 14.6 Å². The van der Waals surface area contributed by atoms with Crippen LogP contribution in [0.2, 0.25) is 0 Å². The summed E-state index contributed by atoms with van der Waals surface area (Å²) in [6, 6.07) is 8.24. The fourth-order valence-electron chi connectivity index (χ4n) is 4.25. The van der Waals surface area contributed by atoms with Gasteiger partial charge in [0.05, 0.1) is 19.3 Å². The number of carbonyl (C=O) groups excluding carboxylic acids is 1. The molecule has 1 aliphatic rings. The average molecular weight is 406 g/mol. The van der Waals surface area contributed by atoms with Gasteiger partial charge in [-0.25, -0.2) is 4.39 Å². The number of pyridine rings is 1. The molecule has 2 aromatic carbocycles. The Morgan fingerprint density at radius 2 is 2.07 bits per heavy atom. The zero-order valence-corrected chi connectivity index (χ0v) is 17.6. The van der Waals surface area contributed by atoms with E-state index in [1.54, 1.807) is 24.9 Å². The average Bonchev–Trinajstić information content (AvgIpc) is 2.73. The highest BCUT2D eigenvalue weighted by Crippen LogP contribution is 2.34. The van der Waals surface area contributed by atoms with Crippen molar-refractivity contribution in [3.63, 3.8) is 0 Å². The molecule has 1 atom stereocenters. The molecule has 0 aliphatic carbocycles. The third kappa shape index (κ3) is 3.33. The Balaban J connectivity index is 1.81. The molecule has 154 valence electrons. The van der Waals surface area contributed by atoms with Crippen LogP contribution in [0.5, 0.6) is 0 Å². The lowest BCUT2D eigenvalue weighted by Gasteiger charge is -2.34. The number of nitrogens with zero attached hydrogens (tertiary/aromatic N) is 1. The monoisotopic (exact) mass is 406 g/mol. The first-order chi connectivity index (χ1) is 14.3. The molecular weight excluding hydrogens is 382 g/mol. The smallest absolute Gasteiger partial charge is 0.256 e. The number of hydrogen-bond acceptors (Lipinski definition) is 3. The minimum absolute atomic E-state index is 0.144. The Kier molecular flexibility index (Phi) is 5.24. The van der Waals surface area contributed by atoms with Crippen LogP contribution < -0.4 is 11.0 Å². The van der Waals surface area contributed by atoms with Gasteiger partial charge in [0.25, 0.3) is 11.5 Å². The zero-order valence-electron chi connectivity index (χ0n) is 17.6. The number of hydrogen-bond donors (Lipinski definition) is 1. The van der Waals surface area contributed by atoms with Crippen LogP contribution in [-0.2, 0) is 17.8 Å². The molecule has 7 heteroatoms. The molecule has 1 aromatic heterocycles. The van der Waals surface area contributed by atoms with Crippen molar-refractivity contribution in [3.05, 3.63) is 74.5 Å². The number of aromatic amines is 1. The summed E-state index contributed by atoms with van der Waals surface area (Å²) in [4.78, 5) is 30.3. The number of nitrogens with one attached hydrogen (secondary N) is 1. The van der Waals surface area contributed by atoms with Crippen LogP contribution in [-0.4, -0.2) is 37.3 Å². The number of aromatic nitrogens is 1. The van der Waals surface area contributed by atoms with Crippen LogP contribution in [0.15, 0.2) is 35.1 Å². The van der Waals surface area contributed by atoms with E-state index in [2.05, 4.69) is 11.9 Å². The number of ether oxygens (including phenoxy) is 1. The lowest BCUT2D eigenvalue weighted by molar-refractivity contribution is 0.0336. The van der Waals surface area contributed by atoms with Gasteiger partial charge in [-0.2, -0.15) is 0 Å². The SMILES string of the molecule is Bc1cc(C(=O)N(C)C2COCc3[nH]c(=O)c4cc(C)c(F)cc4c32)ccc1CC. The molecule has 1 amide bonds. The second kappa shape index (κ2) is 7.72. The standard InChI is InChI=1S/C23H24BFN2O3/c1-4-13-5-6-14(8-17(13)24)23(29)27(3)20-11-30-10-19-21(20)15-9-18(25)12(2)7-16(15)22(28)26-19/h5-9,20H,4,10-11,24H2,1-3H3,(H,26,28). The van der Waals surface area contributed by atoms with Crippen molar-refractivity contribution in [1.82, 2.24) is 9.88 Å². The van der Waals surface area contributed by atoms with Crippen molar-refractivity contribution in [2.24, 2.45) is 0 Å². The minimum atomic E-state index is -0.436. The molecule has 3 aromatic rings. The summed E-state index contributed by atoms with van der Waals surface area (Å²) in [6.07, 6.45) is 0.907. The van der Waals surface area contributed by atoms with Crippen LogP contribution in [0.1, 0.15) is 45.7 Å². The first-order valence-corrected chi connectivity index (χ1v) is 10.1. The zero-order chi connectivity index (χ0) is 21.6. The Morgan fingerprint density at radius 1 is 1.30 bits per heavy atom. The van der Waals surface area contributed by atoms with E-state index in [0.29, 0.717) is 27.6 Å². The van der Waals surface area contributed by atoms with Crippen molar-refractivity contribution in [1.29, 1.82) is 0 Å². The third-order valence-electron chi connectivity index (χ3n) is 6.04. The van der Waals surface area contributed by atoms with E-state index in [1.165, 1.54) is 11.6 Å². The third-order valence-corrected chi connectivity index (χ3v) is 6.04. The largest absolute Gasteiger partial charge is 0.373 e. The van der Waals surface area contributed by atoms with Crippen molar-refractivity contribution < 1.29 is 13.9 Å². The van der Waals surface area contributed by atoms with Crippen LogP contribution in [0.25, 0.3) is 10.8 Å². The number of fused-ring (bicyclic) bond motifs is 3. The predicted molar refractivity (Wildman–Crippen MR) is 118 cm³/mol. The van der Waals surface area contributed by atoms with Gasteiger partial charge in [-0.3, -0.25) is 9.59 Å². The van der Waals surface area contributed by atoms with Crippen LogP contribution >= 0.6 is 0 Å². The number of carbonyl (C=O) groups is 1. The van der Waals surface area contributed by atoms with Crippen molar-refractivity contribution in [3.8, 4) is 0 Å². The number of halogens is 1. The highest BCUT2D eigenvalue weighted by atomic mass is 19.1. The fraction of sp³-hybridized carbons (Fsp3) is 0.304. The molecule has 0 radical (unpaired) electrons. The van der Waals surface area contributed by atoms with Crippen molar-refractivity contribution in [2.75, 3.05) is 13.7 Å². The van der Waals surface area contributed by atoms with Crippen LogP contribution in [0.3, 0.4) is 0 Å². The van der Waals surface area contributed by atoms with Crippen molar-refractivity contribution >= 4 is 30.0 Å². The molecule has 2 heterocycles. The predicted octanol–water partition coefficient (Wildman–Crippen LogP) is 2.14. The quantitative estimate of drug-likeness (QED) is 0.679. The number of H-pyrrole nitrogens is 1. The Labute approximate surface area is 175 Å². The Hall–Kier alpha value is -2.93. The summed E-state index contributed by atoms with van der Waals surface area (Å²) in [5, 5.41) is 0.950. The highest BCUT2D eigenvalue weighted by molar-refractivity contribution is 6.33. The number of likely N-dealkylation sites (N-methyl/N-ethyl adjacent to an activating group) is 1. The van der Waals surface area contributed by atoms with E-state index in [-0.39, 0.29) is 30.5 Å². The maximum atomic E-state index is 14.4. The van der Waals surface area contributed by atoms with E-state index < -0.39 is 6.04 Å². The summed E-state index contributed by atoms with van der Waals surface area (Å²) in [7, 11) is 3.72. The molecule has 0 fully saturated rings. The first-order valence-electron chi connectivity index (χ1n) is 10.1. The first kappa shape index (κ1) is 20.4. The normalized spacial score (nSPS) is 15.8. The van der Waals surface area contributed by atoms with Crippen LogP contribution in [0, 0.1) is 12.7 Å². The summed E-state index contributed by atoms with van der Waals surface area (Å²) in [5.41, 5.74) is 4.33. The fourth-order valence-corrected chi connectivity index (χ4v) is 4.25. The molecule has 1 unspecified atom stereocenters. The number of amides is 1. The topological polar surface area (TPSA) is 62.4 Å². The van der Waals surface area contributed by atoms with Crippen LogP contribution in [0.4, 0.5) is 4.39 Å². The molecule has 1 N–H and O–H groups in total. The van der Waals surface area contributed by atoms with E-state index in [1.807, 2.05) is 26.0 Å². The van der Waals surface area contributed by atoms with E-state index >= 15 is 0 Å². The maximum Gasteiger partial charge on any atom is 0.256 e. The van der Waals surface area contributed by atoms with E-state index in [4.69, 9.17) is 4.74 Å². The second-order valence-corrected chi connectivity index (χ2v) is 7.94. The molecule has 4 rings (SSSR count). The summed E-state index contributed by atoms with van der Waals surface area (Å²) >= 11 is 0. The van der Waals surface area contributed by atoms with Gasteiger partial charge >= 0.3 is 0 Å². The van der Waals surface area contributed by atoms with Gasteiger partial charge in [0.1, 0.15) is 13.7 Å². The number of benzene rings is 2. The van der Waals surface area contributed by atoms with E-state index in [9.17, 15) is 14.0 Å². The number of rotatable bonds is 3. The molecule has 0 saturated carbocycles. The van der Waals surface area contributed by atoms with Gasteiger partial charge in [-0.1, -0.05) is 30.1 Å². The van der Waals surface area contributed by atoms with Crippen molar-refractivity contribution in [2.45, 2.75) is 32.9 Å². The maximum absolute atomic E-state index is 14.4. The molecule has 1 aliphatic heterocycles. The molecule has 0 bridgehead atoms. The lowest BCUT2D eigenvalue weighted by atomic mass is 9.87. The lowest BCUT2D eigenvalue weighted by Crippen LogP contribution is -2.38. The minimum Gasteiger partial charge on any atom is -0.373 e. The van der Waals surface area contributed by atoms with E-state index in [0.717, 1.165) is 17.4 Å². The summed E-state index contributed by atoms with van der Waals surface area (Å²) in [6.45, 7) is 4.21. The van der Waals surface area contributed by atoms with Gasteiger partial charge in [0.15, 0.2) is 0 Å². The van der Waals surface area contributed by atoms with Gasteiger partial charge in [-0.05, 0) is 42.5 Å². The molecule has 0 saturated heterocycles. The molecule has 0 spiro atoms. The Morgan fingerprint density at radius 3 is 2.77 bits per heavy atom. The van der Waals surface area contributed by atoms with Gasteiger partial charge in [-0.15, -0.1) is 0 Å². The molecule has 5 nitrogen and oxygen atoms in total. The molecular formula is C23H24BFN2O3. The number of aryl methyl sites for hydroxylation is 2. The highest BCUT2D eigenvalue weighted by Gasteiger charge is 2.31. The van der Waals surface area contributed by atoms with Gasteiger partial charge in [0.2, 0.25) is 0 Å². The summed E-state index contributed by atoms with van der Waals surface area (Å²) < 4.78 is 20.1. The van der Waals surface area contributed by atoms with Gasteiger partial charge in [0, 0.05) is 29.3 Å². The Bertz CT molecular complexity index is 1220. The molecule has 30 heavy (non-hydrogen) atoms. The summed E-state index contributed by atoms with van der Waals surface area (Å²) in [5.74, 6) is -0.519.